The fourth-order valence-corrected chi connectivity index (χ4v) is 3.87. The van der Waals surface area contributed by atoms with Crippen molar-refractivity contribution in [3.63, 3.8) is 0 Å². The van der Waals surface area contributed by atoms with E-state index < -0.39 is 59.8 Å². The van der Waals surface area contributed by atoms with Crippen LogP contribution in [0.25, 0.3) is 0 Å². The number of hydrogen-bond acceptors (Lipinski definition) is 9. The van der Waals surface area contributed by atoms with E-state index in [1.54, 1.807) is 0 Å². The van der Waals surface area contributed by atoms with E-state index in [1.807, 2.05) is 20.8 Å². The molecule has 1 aliphatic rings. The Morgan fingerprint density at radius 3 is 2.43 bits per heavy atom. The molecule has 1 saturated heterocycles. The lowest BCUT2D eigenvalue weighted by atomic mass is 9.92. The van der Waals surface area contributed by atoms with Crippen LogP contribution in [0, 0.1) is 11.8 Å². The predicted molar refractivity (Wildman–Crippen MR) is 127 cm³/mol. The predicted octanol–water partition coefficient (Wildman–Crippen LogP) is 2.71. The van der Waals surface area contributed by atoms with Gasteiger partial charge in [-0.2, -0.15) is 0 Å². The van der Waals surface area contributed by atoms with Crippen molar-refractivity contribution in [2.45, 2.75) is 84.7 Å². The van der Waals surface area contributed by atoms with Crippen molar-refractivity contribution >= 4 is 29.5 Å². The number of phenolic OH excluding ortho intramolecular Hbond substituents is 1. The van der Waals surface area contributed by atoms with E-state index in [-0.39, 0.29) is 23.6 Å². The lowest BCUT2D eigenvalue weighted by Gasteiger charge is -2.29. The maximum absolute atomic E-state index is 13.2. The van der Waals surface area contributed by atoms with Gasteiger partial charge in [-0.25, -0.2) is 4.79 Å². The molecule has 194 valence electrons. The zero-order chi connectivity index (χ0) is 26.3. The van der Waals surface area contributed by atoms with Crippen molar-refractivity contribution in [1.29, 1.82) is 0 Å². The summed E-state index contributed by atoms with van der Waals surface area (Å²) in [6, 6.07) is 2.87. The number of unbranched alkanes of at least 4 members (excludes halogenated alkanes) is 1. The molecule has 1 aromatic rings. The average molecular weight is 493 g/mol. The molecular weight excluding hydrogens is 456 g/mol. The number of rotatable bonds is 8. The number of nitrogen functional groups attached to an aromatic ring is 1. The smallest absolute Gasteiger partial charge is 0.332 e. The first-order chi connectivity index (χ1) is 16.5. The summed E-state index contributed by atoms with van der Waals surface area (Å²) >= 11 is 0. The number of esters is 3. The van der Waals surface area contributed by atoms with E-state index in [1.165, 1.54) is 32.0 Å². The van der Waals surface area contributed by atoms with E-state index >= 15 is 0 Å². The second-order valence-corrected chi connectivity index (χ2v) is 9.28. The van der Waals surface area contributed by atoms with Crippen LogP contribution in [0.2, 0.25) is 0 Å². The number of nitrogens with two attached hydrogens (primary N) is 1. The normalized spacial score (nSPS) is 25.0. The molecule has 1 aromatic carbocycles. The second kappa shape index (κ2) is 12.4. The number of para-hydroxylation sites is 1. The highest BCUT2D eigenvalue weighted by atomic mass is 16.6. The van der Waals surface area contributed by atoms with Crippen LogP contribution in [0.5, 0.6) is 5.75 Å². The van der Waals surface area contributed by atoms with E-state index in [0.717, 1.165) is 6.42 Å². The van der Waals surface area contributed by atoms with Crippen LogP contribution >= 0.6 is 0 Å². The van der Waals surface area contributed by atoms with Crippen LogP contribution in [0.4, 0.5) is 5.69 Å². The first-order valence-corrected chi connectivity index (χ1v) is 11.9. The quantitative estimate of drug-likeness (QED) is 0.215. The molecular formula is C25H36N2O8. The van der Waals surface area contributed by atoms with Gasteiger partial charge in [-0.05, 0) is 38.3 Å². The van der Waals surface area contributed by atoms with Crippen LogP contribution in [-0.4, -0.2) is 53.3 Å². The molecule has 35 heavy (non-hydrogen) atoms. The molecule has 10 heteroatoms. The summed E-state index contributed by atoms with van der Waals surface area (Å²) in [7, 11) is 0. The van der Waals surface area contributed by atoms with Crippen LogP contribution in [0.15, 0.2) is 18.2 Å². The maximum Gasteiger partial charge on any atom is 0.332 e. The van der Waals surface area contributed by atoms with Gasteiger partial charge in [0.15, 0.2) is 17.9 Å². The Morgan fingerprint density at radius 2 is 1.80 bits per heavy atom. The van der Waals surface area contributed by atoms with Crippen LogP contribution < -0.4 is 11.1 Å². The van der Waals surface area contributed by atoms with E-state index in [4.69, 9.17) is 19.9 Å². The standard InChI is InChI=1S/C25H36N2O8/c1-6-7-9-17-22(35-19(28)12-13(2)3)15(5)34-25(32)20(14(4)33-24(17)31)27-23(30)16-10-8-11-18(26)21(16)29/h8,10-11,13-15,17,20,22,29H,6-7,9,12,26H2,1-5H3,(H,27,30)/t14-,15+,17-,20?,22+/m1/s1. The fraction of sp³-hybridized carbons (Fsp3) is 0.600. The Hall–Kier alpha value is -3.30. The van der Waals surface area contributed by atoms with E-state index in [0.29, 0.717) is 12.8 Å². The number of amides is 1. The highest BCUT2D eigenvalue weighted by molar-refractivity contribution is 6.00. The van der Waals surface area contributed by atoms with Crippen molar-refractivity contribution < 1.29 is 38.5 Å². The fourth-order valence-electron chi connectivity index (χ4n) is 3.87. The summed E-state index contributed by atoms with van der Waals surface area (Å²) in [5.41, 5.74) is 5.50. The summed E-state index contributed by atoms with van der Waals surface area (Å²) in [5.74, 6) is -4.05. The molecule has 2 rings (SSSR count). The zero-order valence-electron chi connectivity index (χ0n) is 20.9. The van der Waals surface area contributed by atoms with Crippen LogP contribution in [0.3, 0.4) is 0 Å². The number of anilines is 1. The van der Waals surface area contributed by atoms with Gasteiger partial charge in [-0.15, -0.1) is 0 Å². The van der Waals surface area contributed by atoms with Crippen molar-refractivity contribution in [2.75, 3.05) is 5.73 Å². The van der Waals surface area contributed by atoms with Gasteiger partial charge in [0.1, 0.15) is 12.2 Å². The summed E-state index contributed by atoms with van der Waals surface area (Å²) < 4.78 is 16.8. The minimum Gasteiger partial charge on any atom is -0.505 e. The van der Waals surface area contributed by atoms with Gasteiger partial charge in [-0.3, -0.25) is 14.4 Å². The first-order valence-electron chi connectivity index (χ1n) is 11.9. The van der Waals surface area contributed by atoms with Crippen molar-refractivity contribution in [2.24, 2.45) is 11.8 Å². The largest absolute Gasteiger partial charge is 0.505 e. The summed E-state index contributed by atoms with van der Waals surface area (Å²) in [5, 5.41) is 12.6. The Balaban J connectivity index is 2.33. The maximum atomic E-state index is 13.2. The number of aromatic hydroxyl groups is 1. The van der Waals surface area contributed by atoms with Gasteiger partial charge in [0.2, 0.25) is 0 Å². The molecule has 5 atom stereocenters. The molecule has 0 aromatic heterocycles. The summed E-state index contributed by atoms with van der Waals surface area (Å²) in [6.45, 7) is 8.68. The summed E-state index contributed by atoms with van der Waals surface area (Å²) in [4.78, 5) is 51.4. The minimum atomic E-state index is -1.37. The highest BCUT2D eigenvalue weighted by Crippen LogP contribution is 2.28. The average Bonchev–Trinajstić information content (AvgIpc) is 2.79. The van der Waals surface area contributed by atoms with Crippen LogP contribution in [-0.2, 0) is 28.6 Å². The van der Waals surface area contributed by atoms with Crippen molar-refractivity contribution in [1.82, 2.24) is 5.32 Å². The second-order valence-electron chi connectivity index (χ2n) is 9.28. The van der Waals surface area contributed by atoms with E-state index in [9.17, 15) is 24.3 Å². The molecule has 0 bridgehead atoms. The number of hydrogen-bond donors (Lipinski definition) is 3. The molecule has 1 aliphatic heterocycles. The third kappa shape index (κ3) is 7.34. The number of ether oxygens (including phenoxy) is 3. The van der Waals surface area contributed by atoms with E-state index in [2.05, 4.69) is 5.32 Å². The molecule has 0 saturated carbocycles. The molecule has 1 amide bonds. The molecule has 0 radical (unpaired) electrons. The van der Waals surface area contributed by atoms with Gasteiger partial charge < -0.3 is 30.4 Å². The zero-order valence-corrected chi connectivity index (χ0v) is 20.9. The minimum absolute atomic E-state index is 0.00684. The van der Waals surface area contributed by atoms with Crippen molar-refractivity contribution in [3.8, 4) is 5.75 Å². The molecule has 1 heterocycles. The Bertz CT molecular complexity index is 932. The SMILES string of the molecule is CCCC[C@H]1C(=O)O[C@H](C)C(NC(=O)c2cccc(N)c2O)C(=O)O[C@@H](C)[C@@H]1OC(=O)CC(C)C. The molecule has 10 nitrogen and oxygen atoms in total. The topological polar surface area (TPSA) is 154 Å². The van der Waals surface area contributed by atoms with Crippen molar-refractivity contribution in [3.05, 3.63) is 23.8 Å². The van der Waals surface area contributed by atoms with Gasteiger partial charge in [0.05, 0.1) is 17.2 Å². The van der Waals surface area contributed by atoms with Gasteiger partial charge in [0, 0.05) is 6.42 Å². The molecule has 1 unspecified atom stereocenters. The summed E-state index contributed by atoms with van der Waals surface area (Å²) in [6.07, 6.45) is -1.13. The number of carbonyl (C=O) groups excluding carboxylic acids is 4. The van der Waals surface area contributed by atoms with Crippen LogP contribution in [0.1, 0.15) is 70.7 Å². The third-order valence-corrected chi connectivity index (χ3v) is 5.80. The molecule has 1 fully saturated rings. The first kappa shape index (κ1) is 27.9. The monoisotopic (exact) mass is 492 g/mol. The number of carbonyl (C=O) groups is 4. The highest BCUT2D eigenvalue weighted by Gasteiger charge is 2.43. The number of nitrogens with one attached hydrogen (secondary N) is 1. The molecule has 4 N–H and O–H groups in total. The Morgan fingerprint density at radius 1 is 1.14 bits per heavy atom. The lowest BCUT2D eigenvalue weighted by Crippen LogP contribution is -2.50. The number of phenols is 1. The lowest BCUT2D eigenvalue weighted by molar-refractivity contribution is -0.175. The van der Waals surface area contributed by atoms with Gasteiger partial charge >= 0.3 is 17.9 Å². The Labute approximate surface area is 205 Å². The molecule has 0 spiro atoms. The third-order valence-electron chi connectivity index (χ3n) is 5.80. The number of cyclic esters (lactones) is 2. The molecule has 0 aliphatic carbocycles. The number of benzene rings is 1. The van der Waals surface area contributed by atoms with Gasteiger partial charge in [-0.1, -0.05) is 39.7 Å². The van der Waals surface area contributed by atoms with Gasteiger partial charge in [0.25, 0.3) is 5.91 Å². The Kier molecular flexibility index (Phi) is 9.91.